The molecule has 4 rings (SSSR count). The summed E-state index contributed by atoms with van der Waals surface area (Å²) >= 11 is 0. The summed E-state index contributed by atoms with van der Waals surface area (Å²) in [4.78, 5) is 13.3. The molecule has 6 nitrogen and oxygen atoms in total. The lowest BCUT2D eigenvalue weighted by Gasteiger charge is -2.36. The third-order valence-corrected chi connectivity index (χ3v) is 4.96. The fraction of sp³-hybridized carbons (Fsp3) is 0.364. The van der Waals surface area contributed by atoms with Gasteiger partial charge < -0.3 is 9.80 Å². The molecule has 1 aliphatic heterocycles. The molecule has 0 spiro atoms. The van der Waals surface area contributed by atoms with Gasteiger partial charge in [0, 0.05) is 44.1 Å². The molecule has 2 aromatic heterocycles. The maximum absolute atomic E-state index is 4.66. The summed E-state index contributed by atoms with van der Waals surface area (Å²) in [6.07, 6.45) is 4.58. The van der Waals surface area contributed by atoms with Crippen LogP contribution in [0, 0.1) is 5.92 Å². The second-order valence-corrected chi connectivity index (χ2v) is 7.57. The van der Waals surface area contributed by atoms with Crippen molar-refractivity contribution in [3.8, 4) is 11.3 Å². The summed E-state index contributed by atoms with van der Waals surface area (Å²) in [6.45, 7) is 8.04. The van der Waals surface area contributed by atoms with Crippen molar-refractivity contribution >= 4 is 11.8 Å². The summed E-state index contributed by atoms with van der Waals surface area (Å²) in [6, 6.07) is 14.3. The van der Waals surface area contributed by atoms with Crippen molar-refractivity contribution in [1.29, 1.82) is 0 Å². The Kier molecular flexibility index (Phi) is 5.46. The van der Waals surface area contributed by atoms with Gasteiger partial charge in [-0.1, -0.05) is 44.2 Å². The fourth-order valence-corrected chi connectivity index (χ4v) is 3.60. The maximum Gasteiger partial charge on any atom is 0.225 e. The van der Waals surface area contributed by atoms with Gasteiger partial charge in [0.05, 0.1) is 5.69 Å². The van der Waals surface area contributed by atoms with Crippen molar-refractivity contribution in [2.45, 2.75) is 20.3 Å². The molecule has 0 radical (unpaired) electrons. The summed E-state index contributed by atoms with van der Waals surface area (Å²) < 4.78 is 0. The molecule has 144 valence electrons. The van der Waals surface area contributed by atoms with Crippen LogP contribution < -0.4 is 9.80 Å². The van der Waals surface area contributed by atoms with E-state index in [0.29, 0.717) is 5.92 Å². The minimum atomic E-state index is 0.561. The van der Waals surface area contributed by atoms with Crippen molar-refractivity contribution in [1.82, 2.24) is 20.2 Å². The van der Waals surface area contributed by atoms with Gasteiger partial charge in [-0.05, 0) is 30.0 Å². The van der Waals surface area contributed by atoms with Crippen LogP contribution in [0.1, 0.15) is 19.4 Å². The predicted octanol–water partition coefficient (Wildman–Crippen LogP) is 3.46. The molecular formula is C22H26N6. The second-order valence-electron chi connectivity index (χ2n) is 7.57. The van der Waals surface area contributed by atoms with Crippen molar-refractivity contribution < 1.29 is 0 Å². The van der Waals surface area contributed by atoms with Gasteiger partial charge in [0.1, 0.15) is 0 Å². The first kappa shape index (κ1) is 18.3. The number of benzene rings is 1. The Morgan fingerprint density at radius 3 is 2.21 bits per heavy atom. The first-order valence-electron chi connectivity index (χ1n) is 9.89. The van der Waals surface area contributed by atoms with Gasteiger partial charge in [0.2, 0.25) is 5.95 Å². The van der Waals surface area contributed by atoms with Crippen LogP contribution >= 0.6 is 0 Å². The van der Waals surface area contributed by atoms with E-state index in [2.05, 4.69) is 62.0 Å². The molecule has 0 saturated carbocycles. The zero-order valence-electron chi connectivity index (χ0n) is 16.5. The molecule has 28 heavy (non-hydrogen) atoms. The minimum absolute atomic E-state index is 0.561. The lowest BCUT2D eigenvalue weighted by Crippen LogP contribution is -2.47. The van der Waals surface area contributed by atoms with Crippen molar-refractivity contribution in [2.75, 3.05) is 36.0 Å². The van der Waals surface area contributed by atoms with Gasteiger partial charge in [0.15, 0.2) is 5.82 Å². The third kappa shape index (κ3) is 4.11. The monoisotopic (exact) mass is 374 g/mol. The number of aromatic nitrogens is 4. The summed E-state index contributed by atoms with van der Waals surface area (Å²) in [7, 11) is 0. The van der Waals surface area contributed by atoms with Gasteiger partial charge in [-0.25, -0.2) is 9.97 Å². The molecule has 1 fully saturated rings. The lowest BCUT2D eigenvalue weighted by atomic mass is 10.0. The highest BCUT2D eigenvalue weighted by molar-refractivity contribution is 5.62. The Morgan fingerprint density at radius 1 is 0.857 bits per heavy atom. The summed E-state index contributed by atoms with van der Waals surface area (Å²) in [5, 5.41) is 9.19. The van der Waals surface area contributed by atoms with Gasteiger partial charge in [0.25, 0.3) is 0 Å². The van der Waals surface area contributed by atoms with E-state index in [1.165, 1.54) is 5.56 Å². The van der Waals surface area contributed by atoms with E-state index in [0.717, 1.165) is 55.6 Å². The molecule has 0 atom stereocenters. The minimum Gasteiger partial charge on any atom is -0.351 e. The molecule has 3 aromatic rings. The number of anilines is 2. The van der Waals surface area contributed by atoms with Crippen LogP contribution in [0.3, 0.4) is 0 Å². The van der Waals surface area contributed by atoms with Crippen LogP contribution in [0.15, 0.2) is 54.9 Å². The van der Waals surface area contributed by atoms with E-state index in [-0.39, 0.29) is 0 Å². The van der Waals surface area contributed by atoms with Gasteiger partial charge in [-0.2, -0.15) is 0 Å². The van der Waals surface area contributed by atoms with E-state index >= 15 is 0 Å². The summed E-state index contributed by atoms with van der Waals surface area (Å²) in [5.74, 6) is 2.38. The third-order valence-electron chi connectivity index (χ3n) is 4.96. The quantitative estimate of drug-likeness (QED) is 0.682. The van der Waals surface area contributed by atoms with E-state index in [1.54, 1.807) is 12.4 Å². The van der Waals surface area contributed by atoms with Crippen LogP contribution in [0.2, 0.25) is 0 Å². The largest absolute Gasteiger partial charge is 0.351 e. The lowest BCUT2D eigenvalue weighted by molar-refractivity contribution is 0.613. The van der Waals surface area contributed by atoms with E-state index < -0.39 is 0 Å². The highest BCUT2D eigenvalue weighted by atomic mass is 15.3. The average Bonchev–Trinajstić information content (AvgIpc) is 2.75. The number of piperazine rings is 1. The maximum atomic E-state index is 4.66. The molecule has 1 aromatic carbocycles. The normalized spacial score (nSPS) is 14.5. The Morgan fingerprint density at radius 2 is 1.54 bits per heavy atom. The number of hydrogen-bond donors (Lipinski definition) is 0. The van der Waals surface area contributed by atoms with Crippen LogP contribution in [0.4, 0.5) is 11.8 Å². The highest BCUT2D eigenvalue weighted by Gasteiger charge is 2.23. The molecule has 0 N–H and O–H groups in total. The Bertz CT molecular complexity index is 889. The van der Waals surface area contributed by atoms with E-state index in [9.17, 15) is 0 Å². The molecule has 1 saturated heterocycles. The zero-order valence-corrected chi connectivity index (χ0v) is 16.5. The van der Waals surface area contributed by atoms with E-state index in [4.69, 9.17) is 0 Å². The van der Waals surface area contributed by atoms with Crippen LogP contribution in [0.25, 0.3) is 11.3 Å². The molecule has 0 aliphatic carbocycles. The van der Waals surface area contributed by atoms with Crippen LogP contribution in [0.5, 0.6) is 0 Å². The van der Waals surface area contributed by atoms with Crippen LogP contribution in [-0.4, -0.2) is 46.3 Å². The molecule has 0 bridgehead atoms. The number of nitrogens with zero attached hydrogens (tertiary/aromatic N) is 6. The number of rotatable bonds is 5. The van der Waals surface area contributed by atoms with Crippen molar-refractivity contribution in [2.24, 2.45) is 5.92 Å². The zero-order chi connectivity index (χ0) is 19.3. The van der Waals surface area contributed by atoms with Gasteiger partial charge in [-0.3, -0.25) is 0 Å². The Balaban J connectivity index is 1.55. The molecular weight excluding hydrogens is 348 g/mol. The highest BCUT2D eigenvalue weighted by Crippen LogP contribution is 2.26. The van der Waals surface area contributed by atoms with Gasteiger partial charge >= 0.3 is 0 Å². The Hall–Kier alpha value is -3.02. The van der Waals surface area contributed by atoms with Crippen molar-refractivity contribution in [3.05, 3.63) is 60.4 Å². The van der Waals surface area contributed by atoms with E-state index in [1.807, 2.05) is 24.3 Å². The molecule has 3 heterocycles. The predicted molar refractivity (Wildman–Crippen MR) is 112 cm³/mol. The standard InChI is InChI=1S/C22H26N6/c1-17(2)15-19-16-20(18-7-4-3-5-8-18)25-26-21(19)27-11-13-28(14-12-27)22-23-9-6-10-24-22/h3-10,16-17H,11-15H2,1-2H3. The van der Waals surface area contributed by atoms with Gasteiger partial charge in [-0.15, -0.1) is 10.2 Å². The molecule has 0 unspecified atom stereocenters. The average molecular weight is 374 g/mol. The first-order valence-corrected chi connectivity index (χ1v) is 9.89. The number of hydrogen-bond acceptors (Lipinski definition) is 6. The SMILES string of the molecule is CC(C)Cc1cc(-c2ccccc2)nnc1N1CCN(c2ncccn2)CC1. The fourth-order valence-electron chi connectivity index (χ4n) is 3.60. The van der Waals surface area contributed by atoms with Crippen molar-refractivity contribution in [3.63, 3.8) is 0 Å². The smallest absolute Gasteiger partial charge is 0.225 e. The molecule has 0 amide bonds. The summed E-state index contributed by atoms with van der Waals surface area (Å²) in [5.41, 5.74) is 3.32. The first-order chi connectivity index (χ1) is 13.7. The Labute approximate surface area is 166 Å². The molecule has 6 heteroatoms. The van der Waals surface area contributed by atoms with Crippen LogP contribution in [-0.2, 0) is 6.42 Å². The topological polar surface area (TPSA) is 58.0 Å². The second kappa shape index (κ2) is 8.33. The molecule has 1 aliphatic rings.